The van der Waals surface area contributed by atoms with Crippen molar-refractivity contribution in [2.24, 2.45) is 11.8 Å². The van der Waals surface area contributed by atoms with Crippen molar-refractivity contribution < 1.29 is 4.74 Å². The fourth-order valence-corrected chi connectivity index (χ4v) is 1.97. The van der Waals surface area contributed by atoms with E-state index in [0.29, 0.717) is 5.92 Å². The molecule has 0 aliphatic heterocycles. The van der Waals surface area contributed by atoms with E-state index < -0.39 is 0 Å². The Bertz CT molecular complexity index is 358. The van der Waals surface area contributed by atoms with Gasteiger partial charge in [-0.2, -0.15) is 0 Å². The van der Waals surface area contributed by atoms with E-state index in [2.05, 4.69) is 50.4 Å². The third-order valence-electron chi connectivity index (χ3n) is 3.57. The highest BCUT2D eigenvalue weighted by Gasteiger charge is 2.31. The first-order chi connectivity index (χ1) is 8.65. The Hall–Kier alpha value is -1.02. The molecule has 2 atom stereocenters. The molecule has 2 rings (SSSR count). The molecule has 2 heteroatoms. The lowest BCUT2D eigenvalue weighted by Gasteiger charge is -2.09. The number of hydrogen-bond donors (Lipinski definition) is 1. The Morgan fingerprint density at radius 1 is 1.28 bits per heavy atom. The van der Waals surface area contributed by atoms with Gasteiger partial charge in [0, 0.05) is 12.6 Å². The summed E-state index contributed by atoms with van der Waals surface area (Å²) in [4.78, 5) is 0. The molecule has 1 N–H and O–H groups in total. The lowest BCUT2D eigenvalue weighted by Crippen LogP contribution is -2.16. The lowest BCUT2D eigenvalue weighted by molar-refractivity contribution is 0.289. The second kappa shape index (κ2) is 6.24. The summed E-state index contributed by atoms with van der Waals surface area (Å²) >= 11 is 0. The molecule has 1 aliphatic rings. The van der Waals surface area contributed by atoms with Gasteiger partial charge in [-0.05, 0) is 42.4 Å². The lowest BCUT2D eigenvalue weighted by atomic mass is 10.1. The molecule has 1 aliphatic carbocycles. The van der Waals surface area contributed by atoms with Crippen molar-refractivity contribution >= 4 is 0 Å². The van der Waals surface area contributed by atoms with Crippen LogP contribution in [0.15, 0.2) is 24.3 Å². The third-order valence-corrected chi connectivity index (χ3v) is 3.57. The molecule has 2 unspecified atom stereocenters. The van der Waals surface area contributed by atoms with Gasteiger partial charge in [-0.25, -0.2) is 0 Å². The Morgan fingerprint density at radius 2 is 1.94 bits per heavy atom. The zero-order valence-corrected chi connectivity index (χ0v) is 11.8. The molecule has 18 heavy (non-hydrogen) atoms. The number of hydrogen-bond acceptors (Lipinski definition) is 2. The van der Waals surface area contributed by atoms with E-state index in [1.54, 1.807) is 0 Å². The van der Waals surface area contributed by atoms with Crippen LogP contribution >= 0.6 is 0 Å². The van der Waals surface area contributed by atoms with Gasteiger partial charge in [0.25, 0.3) is 0 Å². The largest absolute Gasteiger partial charge is 0.494 e. The van der Waals surface area contributed by atoms with Gasteiger partial charge in [-0.1, -0.05) is 32.9 Å². The van der Waals surface area contributed by atoms with Crippen molar-refractivity contribution in [1.29, 1.82) is 0 Å². The van der Waals surface area contributed by atoms with E-state index in [1.807, 2.05) is 0 Å². The van der Waals surface area contributed by atoms with Crippen molar-refractivity contribution in [3.05, 3.63) is 29.8 Å². The first-order valence-corrected chi connectivity index (χ1v) is 7.10. The Balaban J connectivity index is 1.71. The zero-order valence-electron chi connectivity index (χ0n) is 11.8. The average molecular weight is 247 g/mol. The van der Waals surface area contributed by atoms with Crippen molar-refractivity contribution in [3.63, 3.8) is 0 Å². The van der Waals surface area contributed by atoms with Gasteiger partial charge < -0.3 is 10.1 Å². The Labute approximate surface area is 111 Å². The predicted octanol–water partition coefficient (Wildman–Crippen LogP) is 3.61. The second-order valence-electron chi connectivity index (χ2n) is 5.88. The highest BCUT2D eigenvalue weighted by molar-refractivity contribution is 5.27. The molecule has 2 nitrogen and oxygen atoms in total. The SMILES string of the molecule is CC(C)CCOc1ccc(CNC2CC2C)cc1. The van der Waals surface area contributed by atoms with Crippen LogP contribution in [0.3, 0.4) is 0 Å². The summed E-state index contributed by atoms with van der Waals surface area (Å²) in [6.07, 6.45) is 2.44. The van der Waals surface area contributed by atoms with Gasteiger partial charge in [0.1, 0.15) is 5.75 Å². The molecule has 1 saturated carbocycles. The molecule has 0 amide bonds. The monoisotopic (exact) mass is 247 g/mol. The van der Waals surface area contributed by atoms with Crippen LogP contribution in [0.5, 0.6) is 5.75 Å². The third kappa shape index (κ3) is 4.34. The van der Waals surface area contributed by atoms with Crippen molar-refractivity contribution in [3.8, 4) is 5.75 Å². The molecule has 0 saturated heterocycles. The number of ether oxygens (including phenoxy) is 1. The molecule has 1 fully saturated rings. The van der Waals surface area contributed by atoms with Gasteiger partial charge in [0.2, 0.25) is 0 Å². The zero-order chi connectivity index (χ0) is 13.0. The summed E-state index contributed by atoms with van der Waals surface area (Å²) < 4.78 is 5.71. The topological polar surface area (TPSA) is 21.3 Å². The van der Waals surface area contributed by atoms with Crippen LogP contribution < -0.4 is 10.1 Å². The molecule has 1 aromatic carbocycles. The molecular formula is C16H25NO. The molecule has 0 spiro atoms. The van der Waals surface area contributed by atoms with Crippen LogP contribution in [-0.2, 0) is 6.54 Å². The molecule has 0 heterocycles. The van der Waals surface area contributed by atoms with Gasteiger partial charge in [0.05, 0.1) is 6.61 Å². The average Bonchev–Trinajstić information content (AvgIpc) is 3.04. The first kappa shape index (κ1) is 13.4. The standard InChI is InChI=1S/C16H25NO/c1-12(2)8-9-18-15-6-4-14(5-7-15)11-17-16-10-13(16)3/h4-7,12-13,16-17H,8-11H2,1-3H3. The molecular weight excluding hydrogens is 222 g/mol. The summed E-state index contributed by atoms with van der Waals surface area (Å²) in [5.41, 5.74) is 1.34. The minimum Gasteiger partial charge on any atom is -0.494 e. The first-order valence-electron chi connectivity index (χ1n) is 7.10. The van der Waals surface area contributed by atoms with Gasteiger partial charge >= 0.3 is 0 Å². The van der Waals surface area contributed by atoms with E-state index in [1.165, 1.54) is 12.0 Å². The minimum atomic E-state index is 0.703. The quantitative estimate of drug-likeness (QED) is 0.794. The van der Waals surface area contributed by atoms with Gasteiger partial charge in [-0.15, -0.1) is 0 Å². The number of nitrogens with one attached hydrogen (secondary N) is 1. The van der Waals surface area contributed by atoms with E-state index >= 15 is 0 Å². The fourth-order valence-electron chi connectivity index (χ4n) is 1.97. The molecule has 1 aromatic rings. The summed E-state index contributed by atoms with van der Waals surface area (Å²) in [5, 5.41) is 3.56. The van der Waals surface area contributed by atoms with Crippen LogP contribution in [0.2, 0.25) is 0 Å². The van der Waals surface area contributed by atoms with Crippen LogP contribution in [0.25, 0.3) is 0 Å². The summed E-state index contributed by atoms with van der Waals surface area (Å²) in [7, 11) is 0. The van der Waals surface area contributed by atoms with E-state index in [9.17, 15) is 0 Å². The van der Waals surface area contributed by atoms with E-state index in [-0.39, 0.29) is 0 Å². The smallest absolute Gasteiger partial charge is 0.119 e. The van der Waals surface area contributed by atoms with Crippen LogP contribution in [-0.4, -0.2) is 12.6 Å². The maximum atomic E-state index is 5.71. The van der Waals surface area contributed by atoms with Crippen LogP contribution in [0.4, 0.5) is 0 Å². The van der Waals surface area contributed by atoms with E-state index in [4.69, 9.17) is 4.74 Å². The summed E-state index contributed by atoms with van der Waals surface area (Å²) in [6.45, 7) is 8.52. The number of rotatable bonds is 7. The van der Waals surface area contributed by atoms with Crippen LogP contribution in [0, 0.1) is 11.8 Å². The highest BCUT2D eigenvalue weighted by Crippen LogP contribution is 2.29. The van der Waals surface area contributed by atoms with Gasteiger partial charge in [0.15, 0.2) is 0 Å². The second-order valence-corrected chi connectivity index (χ2v) is 5.88. The highest BCUT2D eigenvalue weighted by atomic mass is 16.5. The maximum absolute atomic E-state index is 5.71. The van der Waals surface area contributed by atoms with Gasteiger partial charge in [-0.3, -0.25) is 0 Å². The molecule has 0 bridgehead atoms. The van der Waals surface area contributed by atoms with Crippen molar-refractivity contribution in [2.75, 3.05) is 6.61 Å². The van der Waals surface area contributed by atoms with Crippen molar-refractivity contribution in [1.82, 2.24) is 5.32 Å². The van der Waals surface area contributed by atoms with Crippen LogP contribution in [0.1, 0.15) is 39.2 Å². The molecule has 0 radical (unpaired) electrons. The Morgan fingerprint density at radius 3 is 2.50 bits per heavy atom. The predicted molar refractivity (Wildman–Crippen MR) is 75.8 cm³/mol. The Kier molecular flexibility index (Phi) is 4.65. The summed E-state index contributed by atoms with van der Waals surface area (Å²) in [5.74, 6) is 2.55. The molecule has 0 aromatic heterocycles. The number of benzene rings is 1. The fraction of sp³-hybridized carbons (Fsp3) is 0.625. The normalized spacial score (nSPS) is 22.2. The minimum absolute atomic E-state index is 0.703. The maximum Gasteiger partial charge on any atom is 0.119 e. The molecule has 100 valence electrons. The summed E-state index contributed by atoms with van der Waals surface area (Å²) in [6, 6.07) is 9.21. The van der Waals surface area contributed by atoms with E-state index in [0.717, 1.165) is 37.3 Å². The van der Waals surface area contributed by atoms with Crippen molar-refractivity contribution in [2.45, 2.75) is 46.2 Å².